The summed E-state index contributed by atoms with van der Waals surface area (Å²) in [6.07, 6.45) is 1.46. The van der Waals surface area contributed by atoms with Crippen molar-refractivity contribution in [2.75, 3.05) is 13.2 Å². The molecule has 5 heteroatoms. The Kier molecular flexibility index (Phi) is 6.08. The number of aliphatic hydroxyl groups is 1. The van der Waals surface area contributed by atoms with Gasteiger partial charge in [0.25, 0.3) is 0 Å². The van der Waals surface area contributed by atoms with Crippen molar-refractivity contribution in [3.8, 4) is 5.75 Å². The van der Waals surface area contributed by atoms with Gasteiger partial charge in [-0.05, 0) is 80.6 Å². The van der Waals surface area contributed by atoms with Crippen molar-refractivity contribution >= 4 is 22.6 Å². The number of nitrogens with zero attached hydrogens (tertiary/aromatic N) is 2. The molecule has 0 saturated carbocycles. The van der Waals surface area contributed by atoms with E-state index in [9.17, 15) is 5.11 Å². The van der Waals surface area contributed by atoms with Gasteiger partial charge < -0.3 is 14.4 Å². The number of halogens is 1. The molecule has 2 aromatic carbocycles. The van der Waals surface area contributed by atoms with Gasteiger partial charge in [-0.15, -0.1) is 0 Å². The molecular formula is C22H27ClN2O2. The summed E-state index contributed by atoms with van der Waals surface area (Å²) in [6.45, 7) is 9.63. The van der Waals surface area contributed by atoms with Crippen LogP contribution in [0.3, 0.4) is 0 Å². The summed E-state index contributed by atoms with van der Waals surface area (Å²) >= 11 is 6.24. The first kappa shape index (κ1) is 19.7. The molecule has 0 bridgehead atoms. The monoisotopic (exact) mass is 386 g/mol. The summed E-state index contributed by atoms with van der Waals surface area (Å²) in [5.74, 6) is 1.83. The fraction of sp³-hybridized carbons (Fsp3) is 0.409. The van der Waals surface area contributed by atoms with E-state index < -0.39 is 0 Å². The molecule has 0 aliphatic heterocycles. The Bertz CT molecular complexity index is 940. The van der Waals surface area contributed by atoms with Gasteiger partial charge in [-0.25, -0.2) is 4.98 Å². The minimum atomic E-state index is 0.168. The van der Waals surface area contributed by atoms with Crippen LogP contribution in [0.1, 0.15) is 34.5 Å². The molecule has 0 atom stereocenters. The van der Waals surface area contributed by atoms with Crippen LogP contribution in [0.25, 0.3) is 11.0 Å². The largest absolute Gasteiger partial charge is 0.492 e. The highest BCUT2D eigenvalue weighted by molar-refractivity contribution is 6.32. The maximum atomic E-state index is 9.21. The predicted octanol–water partition coefficient (Wildman–Crippen LogP) is 4.93. The molecule has 0 unspecified atom stereocenters. The van der Waals surface area contributed by atoms with Crippen LogP contribution in [-0.4, -0.2) is 27.9 Å². The number of rotatable bonds is 7. The van der Waals surface area contributed by atoms with Crippen molar-refractivity contribution in [1.82, 2.24) is 9.55 Å². The van der Waals surface area contributed by atoms with Crippen molar-refractivity contribution in [3.05, 3.63) is 57.4 Å². The molecule has 1 N–H and O–H groups in total. The van der Waals surface area contributed by atoms with Gasteiger partial charge >= 0.3 is 0 Å². The molecule has 0 radical (unpaired) electrons. The molecule has 0 saturated heterocycles. The molecule has 0 aliphatic carbocycles. The lowest BCUT2D eigenvalue weighted by molar-refractivity contribution is 0.283. The van der Waals surface area contributed by atoms with Gasteiger partial charge in [0.05, 0.1) is 17.6 Å². The quantitative estimate of drug-likeness (QED) is 0.626. The van der Waals surface area contributed by atoms with Crippen LogP contribution in [0.15, 0.2) is 24.3 Å². The van der Waals surface area contributed by atoms with Crippen molar-refractivity contribution in [2.45, 2.75) is 47.1 Å². The van der Waals surface area contributed by atoms with Crippen LogP contribution in [-0.2, 0) is 13.0 Å². The molecule has 0 aliphatic rings. The highest BCUT2D eigenvalue weighted by atomic mass is 35.5. The Labute approximate surface area is 165 Å². The zero-order valence-corrected chi connectivity index (χ0v) is 17.2. The van der Waals surface area contributed by atoms with E-state index in [2.05, 4.69) is 30.5 Å². The van der Waals surface area contributed by atoms with E-state index in [1.807, 2.05) is 26.0 Å². The maximum Gasteiger partial charge on any atom is 0.120 e. The minimum Gasteiger partial charge on any atom is -0.492 e. The van der Waals surface area contributed by atoms with Crippen LogP contribution in [0, 0.1) is 27.7 Å². The molecule has 27 heavy (non-hydrogen) atoms. The van der Waals surface area contributed by atoms with E-state index in [4.69, 9.17) is 21.3 Å². The van der Waals surface area contributed by atoms with E-state index in [-0.39, 0.29) is 6.61 Å². The second kappa shape index (κ2) is 8.32. The summed E-state index contributed by atoms with van der Waals surface area (Å²) in [4.78, 5) is 4.80. The number of aliphatic hydroxyl groups excluding tert-OH is 1. The highest BCUT2D eigenvalue weighted by Crippen LogP contribution is 2.26. The molecule has 144 valence electrons. The first-order chi connectivity index (χ1) is 12.9. The van der Waals surface area contributed by atoms with Crippen LogP contribution in [0.2, 0.25) is 5.02 Å². The van der Waals surface area contributed by atoms with Crippen LogP contribution >= 0.6 is 11.6 Å². The Balaban J connectivity index is 1.83. The Hall–Kier alpha value is -2.04. The lowest BCUT2D eigenvalue weighted by atomic mass is 10.1. The number of aromatic nitrogens is 2. The molecule has 0 amide bonds. The predicted molar refractivity (Wildman–Crippen MR) is 111 cm³/mol. The summed E-state index contributed by atoms with van der Waals surface area (Å²) in [5, 5.41) is 10.00. The van der Waals surface area contributed by atoms with E-state index in [0.29, 0.717) is 19.6 Å². The van der Waals surface area contributed by atoms with Gasteiger partial charge in [0.2, 0.25) is 0 Å². The minimum absolute atomic E-state index is 0.168. The molecule has 0 fully saturated rings. The smallest absolute Gasteiger partial charge is 0.120 e. The number of hydrogen-bond acceptors (Lipinski definition) is 3. The maximum absolute atomic E-state index is 9.21. The fourth-order valence-electron chi connectivity index (χ4n) is 3.35. The van der Waals surface area contributed by atoms with Gasteiger partial charge in [0.1, 0.15) is 18.2 Å². The molecule has 1 aromatic heterocycles. The Morgan fingerprint density at radius 1 is 1.00 bits per heavy atom. The Morgan fingerprint density at radius 3 is 2.33 bits per heavy atom. The first-order valence-corrected chi connectivity index (χ1v) is 9.75. The van der Waals surface area contributed by atoms with Gasteiger partial charge in [0.15, 0.2) is 0 Å². The van der Waals surface area contributed by atoms with E-state index in [1.54, 1.807) is 0 Å². The van der Waals surface area contributed by atoms with Crippen LogP contribution < -0.4 is 4.74 Å². The second-order valence-corrected chi connectivity index (χ2v) is 7.53. The van der Waals surface area contributed by atoms with Crippen molar-refractivity contribution in [1.29, 1.82) is 0 Å². The van der Waals surface area contributed by atoms with Crippen LogP contribution in [0.4, 0.5) is 0 Å². The SMILES string of the molecule is Cc1cc2nc(CCCO)n(CCOc3cc(C)c(Cl)c(C)c3)c2cc1C. The van der Waals surface area contributed by atoms with Crippen molar-refractivity contribution < 1.29 is 9.84 Å². The fourth-order valence-corrected chi connectivity index (χ4v) is 3.46. The molecule has 3 rings (SSSR count). The standard InChI is InChI=1S/C22H27ClN2O2/c1-14-12-19-20(13-15(14)2)25(21(24-19)6-5-8-26)7-9-27-18-10-16(3)22(23)17(4)11-18/h10-13,26H,5-9H2,1-4H3. The lowest BCUT2D eigenvalue weighted by Gasteiger charge is -2.13. The summed E-state index contributed by atoms with van der Waals surface area (Å²) < 4.78 is 8.22. The van der Waals surface area contributed by atoms with Crippen molar-refractivity contribution in [2.24, 2.45) is 0 Å². The van der Waals surface area contributed by atoms with Crippen LogP contribution in [0.5, 0.6) is 5.75 Å². The van der Waals surface area contributed by atoms with E-state index in [0.717, 1.165) is 45.2 Å². The lowest BCUT2D eigenvalue weighted by Crippen LogP contribution is -2.12. The van der Waals surface area contributed by atoms with Gasteiger partial charge in [-0.1, -0.05) is 11.6 Å². The summed E-state index contributed by atoms with van der Waals surface area (Å²) in [5.41, 5.74) is 6.66. The molecule has 4 nitrogen and oxygen atoms in total. The topological polar surface area (TPSA) is 47.3 Å². The summed E-state index contributed by atoms with van der Waals surface area (Å²) in [7, 11) is 0. The molecular weight excluding hydrogens is 360 g/mol. The molecule has 1 heterocycles. The number of imidazole rings is 1. The number of aryl methyl sites for hydroxylation is 5. The van der Waals surface area contributed by atoms with Gasteiger partial charge in [-0.3, -0.25) is 0 Å². The first-order valence-electron chi connectivity index (χ1n) is 9.37. The third-order valence-electron chi connectivity index (χ3n) is 4.99. The third kappa shape index (κ3) is 4.28. The van der Waals surface area contributed by atoms with Gasteiger partial charge in [-0.2, -0.15) is 0 Å². The zero-order valence-electron chi connectivity index (χ0n) is 16.5. The number of benzene rings is 2. The third-order valence-corrected chi connectivity index (χ3v) is 5.59. The average molecular weight is 387 g/mol. The van der Waals surface area contributed by atoms with Gasteiger partial charge in [0, 0.05) is 18.1 Å². The molecule has 0 spiro atoms. The molecule has 3 aromatic rings. The normalized spacial score (nSPS) is 11.3. The van der Waals surface area contributed by atoms with E-state index in [1.165, 1.54) is 11.1 Å². The highest BCUT2D eigenvalue weighted by Gasteiger charge is 2.12. The zero-order chi connectivity index (χ0) is 19.6. The van der Waals surface area contributed by atoms with Crippen molar-refractivity contribution in [3.63, 3.8) is 0 Å². The second-order valence-electron chi connectivity index (χ2n) is 7.15. The number of ether oxygens (including phenoxy) is 1. The summed E-state index contributed by atoms with van der Waals surface area (Å²) in [6, 6.07) is 8.27. The van der Waals surface area contributed by atoms with E-state index >= 15 is 0 Å². The average Bonchev–Trinajstić information content (AvgIpc) is 2.95. The number of fused-ring (bicyclic) bond motifs is 1. The Morgan fingerprint density at radius 2 is 1.67 bits per heavy atom. The number of hydrogen-bond donors (Lipinski definition) is 1.